The van der Waals surface area contributed by atoms with Gasteiger partial charge in [0.25, 0.3) is 5.91 Å². The van der Waals surface area contributed by atoms with Gasteiger partial charge in [-0.1, -0.05) is 24.3 Å². The van der Waals surface area contributed by atoms with Crippen LogP contribution in [0.1, 0.15) is 16.1 Å². The van der Waals surface area contributed by atoms with Crippen molar-refractivity contribution in [2.45, 2.75) is 6.54 Å². The van der Waals surface area contributed by atoms with Crippen molar-refractivity contribution in [1.82, 2.24) is 15.3 Å². The molecule has 6 heteroatoms. The number of aromatic nitrogens is 2. The van der Waals surface area contributed by atoms with Crippen molar-refractivity contribution in [3.63, 3.8) is 0 Å². The van der Waals surface area contributed by atoms with Gasteiger partial charge in [0.1, 0.15) is 5.82 Å². The molecule has 3 aromatic rings. The molecule has 0 aliphatic carbocycles. The zero-order chi connectivity index (χ0) is 17.8. The number of hydrogen-bond donors (Lipinski definition) is 1. The summed E-state index contributed by atoms with van der Waals surface area (Å²) in [6.45, 7) is 3.50. The number of amides is 1. The number of para-hydroxylation sites is 1. The molecular weight excluding hydrogens is 328 g/mol. The Morgan fingerprint density at radius 3 is 2.85 bits per heavy atom. The van der Waals surface area contributed by atoms with Gasteiger partial charge in [-0.05, 0) is 24.3 Å². The Morgan fingerprint density at radius 2 is 1.96 bits per heavy atom. The van der Waals surface area contributed by atoms with Crippen LogP contribution in [0, 0.1) is 0 Å². The summed E-state index contributed by atoms with van der Waals surface area (Å²) >= 11 is 0. The van der Waals surface area contributed by atoms with Gasteiger partial charge in [-0.2, -0.15) is 0 Å². The smallest absolute Gasteiger partial charge is 0.253 e. The van der Waals surface area contributed by atoms with Gasteiger partial charge in [-0.25, -0.2) is 4.98 Å². The van der Waals surface area contributed by atoms with Gasteiger partial charge < -0.3 is 15.0 Å². The lowest BCUT2D eigenvalue weighted by Gasteiger charge is -2.28. The van der Waals surface area contributed by atoms with Crippen LogP contribution in [0.5, 0.6) is 0 Å². The maximum absolute atomic E-state index is 12.4. The molecule has 0 unspecified atom stereocenters. The number of carbonyl (C=O) groups excluding carboxylic acids is 1. The third kappa shape index (κ3) is 3.65. The van der Waals surface area contributed by atoms with Crippen molar-refractivity contribution in [1.29, 1.82) is 0 Å². The molecule has 0 radical (unpaired) electrons. The average molecular weight is 348 g/mol. The largest absolute Gasteiger partial charge is 0.378 e. The normalized spacial score (nSPS) is 14.4. The standard InChI is InChI=1S/C20H20N4O2/c25-20(16-12-15-4-1-2-6-18(15)21-13-16)22-14-17-5-3-7-19(23-17)24-8-10-26-11-9-24/h1-7,12-13H,8-11,14H2,(H,22,25). The van der Waals surface area contributed by atoms with Gasteiger partial charge >= 0.3 is 0 Å². The van der Waals surface area contributed by atoms with E-state index in [2.05, 4.69) is 20.2 Å². The molecule has 0 spiro atoms. The topological polar surface area (TPSA) is 67.4 Å². The molecule has 3 heterocycles. The number of morpholine rings is 1. The van der Waals surface area contributed by atoms with E-state index in [0.717, 1.165) is 48.7 Å². The molecule has 1 fully saturated rings. The van der Waals surface area contributed by atoms with E-state index in [-0.39, 0.29) is 5.91 Å². The monoisotopic (exact) mass is 348 g/mol. The Labute approximate surface area is 151 Å². The van der Waals surface area contributed by atoms with E-state index in [9.17, 15) is 4.79 Å². The van der Waals surface area contributed by atoms with Gasteiger partial charge in [0.2, 0.25) is 0 Å². The van der Waals surface area contributed by atoms with Crippen LogP contribution < -0.4 is 10.2 Å². The van der Waals surface area contributed by atoms with Crippen LogP contribution in [0.2, 0.25) is 0 Å². The zero-order valence-electron chi connectivity index (χ0n) is 14.4. The van der Waals surface area contributed by atoms with E-state index >= 15 is 0 Å². The highest BCUT2D eigenvalue weighted by Gasteiger charge is 2.13. The quantitative estimate of drug-likeness (QED) is 0.784. The predicted octanol–water partition coefficient (Wildman–Crippen LogP) is 2.40. The molecule has 0 atom stereocenters. The lowest BCUT2D eigenvalue weighted by molar-refractivity contribution is 0.0950. The Bertz CT molecular complexity index is 922. The number of carbonyl (C=O) groups is 1. The molecule has 1 N–H and O–H groups in total. The molecule has 1 aromatic carbocycles. The van der Waals surface area contributed by atoms with Gasteiger partial charge in [-0.3, -0.25) is 9.78 Å². The molecule has 1 aliphatic rings. The molecule has 0 saturated carbocycles. The number of ether oxygens (including phenoxy) is 1. The lowest BCUT2D eigenvalue weighted by atomic mass is 10.1. The van der Waals surface area contributed by atoms with Crippen molar-refractivity contribution in [2.24, 2.45) is 0 Å². The second-order valence-corrected chi connectivity index (χ2v) is 6.19. The van der Waals surface area contributed by atoms with Crippen LogP contribution in [0.3, 0.4) is 0 Å². The summed E-state index contributed by atoms with van der Waals surface area (Å²) in [6.07, 6.45) is 1.61. The number of hydrogen-bond acceptors (Lipinski definition) is 5. The second-order valence-electron chi connectivity index (χ2n) is 6.19. The van der Waals surface area contributed by atoms with Crippen LogP contribution in [0.15, 0.2) is 54.7 Å². The summed E-state index contributed by atoms with van der Waals surface area (Å²) in [7, 11) is 0. The first-order valence-corrected chi connectivity index (χ1v) is 8.71. The molecule has 2 aromatic heterocycles. The van der Waals surface area contributed by atoms with Crippen LogP contribution in [0.4, 0.5) is 5.82 Å². The SMILES string of the molecule is O=C(NCc1cccc(N2CCOCC2)n1)c1cnc2ccccc2c1. The van der Waals surface area contributed by atoms with E-state index < -0.39 is 0 Å². The highest BCUT2D eigenvalue weighted by atomic mass is 16.5. The van der Waals surface area contributed by atoms with Crippen molar-refractivity contribution >= 4 is 22.6 Å². The second kappa shape index (κ2) is 7.49. The maximum Gasteiger partial charge on any atom is 0.253 e. The van der Waals surface area contributed by atoms with Crippen LogP contribution in [-0.4, -0.2) is 42.2 Å². The van der Waals surface area contributed by atoms with Gasteiger partial charge in [-0.15, -0.1) is 0 Å². The highest BCUT2D eigenvalue weighted by Crippen LogP contribution is 2.14. The summed E-state index contributed by atoms with van der Waals surface area (Å²) in [5.74, 6) is 0.772. The van der Waals surface area contributed by atoms with Crippen LogP contribution in [-0.2, 0) is 11.3 Å². The Hall–Kier alpha value is -2.99. The van der Waals surface area contributed by atoms with Crippen molar-refractivity contribution in [3.8, 4) is 0 Å². The predicted molar refractivity (Wildman–Crippen MR) is 100 cm³/mol. The van der Waals surface area contributed by atoms with Crippen LogP contribution >= 0.6 is 0 Å². The van der Waals surface area contributed by atoms with E-state index in [1.54, 1.807) is 6.20 Å². The van der Waals surface area contributed by atoms with Crippen molar-refractivity contribution < 1.29 is 9.53 Å². The fourth-order valence-corrected chi connectivity index (χ4v) is 3.00. The van der Waals surface area contributed by atoms with E-state index in [0.29, 0.717) is 12.1 Å². The first-order valence-electron chi connectivity index (χ1n) is 8.71. The van der Waals surface area contributed by atoms with E-state index in [4.69, 9.17) is 4.74 Å². The summed E-state index contributed by atoms with van der Waals surface area (Å²) in [6, 6.07) is 15.5. The van der Waals surface area contributed by atoms with Gasteiger partial charge in [0.05, 0.1) is 36.5 Å². The number of rotatable bonds is 4. The molecule has 1 aliphatic heterocycles. The molecule has 0 bridgehead atoms. The van der Waals surface area contributed by atoms with E-state index in [1.165, 1.54) is 0 Å². The van der Waals surface area contributed by atoms with Crippen molar-refractivity contribution in [2.75, 3.05) is 31.2 Å². The number of fused-ring (bicyclic) bond motifs is 1. The minimum absolute atomic E-state index is 0.151. The Morgan fingerprint density at radius 1 is 1.12 bits per heavy atom. The minimum Gasteiger partial charge on any atom is -0.378 e. The Kier molecular flexibility index (Phi) is 4.75. The summed E-state index contributed by atoms with van der Waals surface area (Å²) < 4.78 is 5.38. The molecule has 4 rings (SSSR count). The molecule has 132 valence electrons. The molecular formula is C20H20N4O2. The number of anilines is 1. The van der Waals surface area contributed by atoms with Gasteiger partial charge in [0, 0.05) is 24.7 Å². The third-order valence-electron chi connectivity index (χ3n) is 4.41. The van der Waals surface area contributed by atoms with Crippen LogP contribution in [0.25, 0.3) is 10.9 Å². The van der Waals surface area contributed by atoms with Gasteiger partial charge in [0.15, 0.2) is 0 Å². The maximum atomic E-state index is 12.4. The fourth-order valence-electron chi connectivity index (χ4n) is 3.00. The summed E-state index contributed by atoms with van der Waals surface area (Å²) in [4.78, 5) is 23.6. The zero-order valence-corrected chi connectivity index (χ0v) is 14.4. The molecule has 1 amide bonds. The first kappa shape index (κ1) is 16.5. The number of nitrogens with one attached hydrogen (secondary N) is 1. The summed E-state index contributed by atoms with van der Waals surface area (Å²) in [5, 5.41) is 3.88. The number of benzene rings is 1. The third-order valence-corrected chi connectivity index (χ3v) is 4.41. The lowest BCUT2D eigenvalue weighted by Crippen LogP contribution is -2.37. The Balaban J connectivity index is 1.43. The summed E-state index contributed by atoms with van der Waals surface area (Å²) in [5.41, 5.74) is 2.26. The first-order chi connectivity index (χ1) is 12.8. The molecule has 6 nitrogen and oxygen atoms in total. The average Bonchev–Trinajstić information content (AvgIpc) is 2.72. The number of nitrogens with zero attached hydrogens (tertiary/aromatic N) is 3. The fraction of sp³-hybridized carbons (Fsp3) is 0.250. The van der Waals surface area contributed by atoms with E-state index in [1.807, 2.05) is 48.5 Å². The molecule has 1 saturated heterocycles. The van der Waals surface area contributed by atoms with Crippen molar-refractivity contribution in [3.05, 3.63) is 66.0 Å². The highest BCUT2D eigenvalue weighted by molar-refractivity contribution is 5.97. The number of pyridine rings is 2. The minimum atomic E-state index is -0.151. The molecule has 26 heavy (non-hydrogen) atoms.